The standard InChI is InChI=1S/C20H23N3O3/c1-12(2)18(21)19(24)26-17-11-13-7-3-5-9-15(13)23(20(22)25)16-10-6-4-8-14(16)17/h3-10,12,17-18H,11,21H2,1-2H3,(H2,22,25). The van der Waals surface area contributed by atoms with Gasteiger partial charge in [0, 0.05) is 12.0 Å². The van der Waals surface area contributed by atoms with Crippen molar-refractivity contribution in [3.05, 3.63) is 59.7 Å². The number of esters is 1. The topological polar surface area (TPSA) is 98.7 Å². The summed E-state index contributed by atoms with van der Waals surface area (Å²) in [7, 11) is 0. The number of hydrogen-bond acceptors (Lipinski definition) is 4. The number of rotatable bonds is 3. The molecule has 0 bridgehead atoms. The number of benzene rings is 2. The molecular weight excluding hydrogens is 330 g/mol. The number of urea groups is 1. The zero-order valence-electron chi connectivity index (χ0n) is 14.9. The number of nitrogens with two attached hydrogens (primary N) is 2. The van der Waals surface area contributed by atoms with Crippen molar-refractivity contribution in [1.29, 1.82) is 0 Å². The van der Waals surface area contributed by atoms with Gasteiger partial charge < -0.3 is 16.2 Å². The predicted octanol–water partition coefficient (Wildman–Crippen LogP) is 3.03. The van der Waals surface area contributed by atoms with Crippen molar-refractivity contribution < 1.29 is 14.3 Å². The van der Waals surface area contributed by atoms with Crippen LogP contribution in [0.5, 0.6) is 0 Å². The van der Waals surface area contributed by atoms with Crippen molar-refractivity contribution in [2.45, 2.75) is 32.4 Å². The summed E-state index contributed by atoms with van der Waals surface area (Å²) in [6.45, 7) is 3.74. The van der Waals surface area contributed by atoms with Gasteiger partial charge in [-0.25, -0.2) is 4.79 Å². The molecule has 6 heteroatoms. The van der Waals surface area contributed by atoms with Crippen LogP contribution in [0.25, 0.3) is 0 Å². The molecule has 2 unspecified atom stereocenters. The lowest BCUT2D eigenvalue weighted by atomic mass is 10.0. The minimum Gasteiger partial charge on any atom is -0.456 e. The Bertz CT molecular complexity index is 835. The summed E-state index contributed by atoms with van der Waals surface area (Å²) in [5.74, 6) is -0.484. The highest BCUT2D eigenvalue weighted by Crippen LogP contribution is 2.41. The summed E-state index contributed by atoms with van der Waals surface area (Å²) < 4.78 is 5.76. The average molecular weight is 353 g/mol. The molecule has 0 saturated heterocycles. The zero-order valence-corrected chi connectivity index (χ0v) is 14.9. The van der Waals surface area contributed by atoms with Gasteiger partial charge in [-0.1, -0.05) is 50.2 Å². The van der Waals surface area contributed by atoms with E-state index in [9.17, 15) is 9.59 Å². The Hall–Kier alpha value is -2.86. The first-order chi connectivity index (χ1) is 12.4. The molecule has 1 heterocycles. The van der Waals surface area contributed by atoms with E-state index < -0.39 is 24.1 Å². The Balaban J connectivity index is 2.08. The van der Waals surface area contributed by atoms with E-state index >= 15 is 0 Å². The molecule has 0 radical (unpaired) electrons. The van der Waals surface area contributed by atoms with E-state index in [1.807, 2.05) is 56.3 Å². The van der Waals surface area contributed by atoms with E-state index in [-0.39, 0.29) is 5.92 Å². The Morgan fingerprint density at radius 2 is 1.69 bits per heavy atom. The first-order valence-electron chi connectivity index (χ1n) is 8.62. The molecule has 2 amide bonds. The van der Waals surface area contributed by atoms with Gasteiger partial charge in [-0.05, 0) is 23.6 Å². The molecule has 0 fully saturated rings. The zero-order chi connectivity index (χ0) is 18.8. The van der Waals surface area contributed by atoms with Gasteiger partial charge in [0.15, 0.2) is 0 Å². The number of ether oxygens (including phenoxy) is 1. The van der Waals surface area contributed by atoms with E-state index in [1.165, 1.54) is 4.90 Å². The molecule has 26 heavy (non-hydrogen) atoms. The number of para-hydroxylation sites is 2. The van der Waals surface area contributed by atoms with Crippen LogP contribution in [0.15, 0.2) is 48.5 Å². The highest BCUT2D eigenvalue weighted by atomic mass is 16.5. The minimum atomic E-state index is -0.701. The third-order valence-corrected chi connectivity index (χ3v) is 4.63. The summed E-state index contributed by atoms with van der Waals surface area (Å²) in [5, 5.41) is 0. The second kappa shape index (κ2) is 7.17. The third kappa shape index (κ3) is 3.28. The van der Waals surface area contributed by atoms with E-state index in [2.05, 4.69) is 0 Å². The van der Waals surface area contributed by atoms with Gasteiger partial charge in [-0.3, -0.25) is 9.69 Å². The summed E-state index contributed by atoms with van der Waals surface area (Å²) in [6, 6.07) is 13.5. The number of primary amides is 1. The quantitative estimate of drug-likeness (QED) is 0.829. The van der Waals surface area contributed by atoms with Gasteiger partial charge in [0.1, 0.15) is 12.1 Å². The Kier molecular flexibility index (Phi) is 4.95. The molecule has 0 saturated carbocycles. The molecule has 3 rings (SSSR count). The molecule has 2 atom stereocenters. The summed E-state index contributed by atoms with van der Waals surface area (Å²) >= 11 is 0. The number of hydrogen-bond donors (Lipinski definition) is 2. The molecule has 136 valence electrons. The lowest BCUT2D eigenvalue weighted by Gasteiger charge is -2.24. The lowest BCUT2D eigenvalue weighted by Crippen LogP contribution is -2.38. The van der Waals surface area contributed by atoms with Crippen molar-refractivity contribution in [2.75, 3.05) is 4.90 Å². The predicted molar refractivity (Wildman–Crippen MR) is 100.0 cm³/mol. The highest BCUT2D eigenvalue weighted by molar-refractivity contribution is 6.00. The van der Waals surface area contributed by atoms with Crippen molar-refractivity contribution in [3.63, 3.8) is 0 Å². The van der Waals surface area contributed by atoms with Crippen LogP contribution in [0.4, 0.5) is 16.2 Å². The van der Waals surface area contributed by atoms with Gasteiger partial charge >= 0.3 is 12.0 Å². The van der Waals surface area contributed by atoms with Crippen molar-refractivity contribution in [2.24, 2.45) is 17.4 Å². The summed E-state index contributed by atoms with van der Waals surface area (Å²) in [4.78, 5) is 26.1. The maximum absolute atomic E-state index is 12.4. The summed E-state index contributed by atoms with van der Waals surface area (Å²) in [6.07, 6.45) is -0.109. The first-order valence-corrected chi connectivity index (χ1v) is 8.62. The van der Waals surface area contributed by atoms with Crippen LogP contribution >= 0.6 is 0 Å². The third-order valence-electron chi connectivity index (χ3n) is 4.63. The van der Waals surface area contributed by atoms with Crippen LogP contribution in [-0.2, 0) is 16.0 Å². The molecule has 0 aromatic heterocycles. The van der Waals surface area contributed by atoms with Gasteiger partial charge in [0.05, 0.1) is 11.4 Å². The van der Waals surface area contributed by atoms with Gasteiger partial charge in [0.25, 0.3) is 0 Å². The fraction of sp³-hybridized carbons (Fsp3) is 0.300. The fourth-order valence-electron chi connectivity index (χ4n) is 3.14. The number of fused-ring (bicyclic) bond motifs is 2. The number of carbonyl (C=O) groups excluding carboxylic acids is 2. The number of carbonyl (C=O) groups is 2. The van der Waals surface area contributed by atoms with Crippen LogP contribution in [0.2, 0.25) is 0 Å². The molecule has 1 aliphatic rings. The number of nitrogens with zero attached hydrogens (tertiary/aromatic N) is 1. The maximum atomic E-state index is 12.4. The molecule has 6 nitrogen and oxygen atoms in total. The molecule has 0 aliphatic carbocycles. The van der Waals surface area contributed by atoms with E-state index in [4.69, 9.17) is 16.2 Å². The molecule has 1 aliphatic heterocycles. The largest absolute Gasteiger partial charge is 0.456 e. The lowest BCUT2D eigenvalue weighted by molar-refractivity contribution is -0.152. The normalized spacial score (nSPS) is 17.1. The van der Waals surface area contributed by atoms with E-state index in [0.29, 0.717) is 17.8 Å². The van der Waals surface area contributed by atoms with Crippen molar-refractivity contribution >= 4 is 23.4 Å². The van der Waals surface area contributed by atoms with Crippen molar-refractivity contribution in [3.8, 4) is 0 Å². The van der Waals surface area contributed by atoms with Crippen LogP contribution in [0.1, 0.15) is 31.1 Å². The summed E-state index contributed by atoms with van der Waals surface area (Å²) in [5.41, 5.74) is 14.5. The highest BCUT2D eigenvalue weighted by Gasteiger charge is 2.32. The van der Waals surface area contributed by atoms with Gasteiger partial charge in [0.2, 0.25) is 0 Å². The van der Waals surface area contributed by atoms with Crippen LogP contribution < -0.4 is 16.4 Å². The van der Waals surface area contributed by atoms with Gasteiger partial charge in [-0.15, -0.1) is 0 Å². The Morgan fingerprint density at radius 3 is 2.35 bits per heavy atom. The first kappa shape index (κ1) is 17.9. The van der Waals surface area contributed by atoms with E-state index in [1.54, 1.807) is 6.07 Å². The molecule has 0 spiro atoms. The minimum absolute atomic E-state index is 0.0297. The Labute approximate surface area is 152 Å². The van der Waals surface area contributed by atoms with Crippen LogP contribution in [0, 0.1) is 5.92 Å². The monoisotopic (exact) mass is 353 g/mol. The van der Waals surface area contributed by atoms with Crippen LogP contribution in [-0.4, -0.2) is 18.0 Å². The molecule has 2 aromatic rings. The second-order valence-electron chi connectivity index (χ2n) is 6.76. The number of anilines is 2. The number of amides is 2. The fourth-order valence-corrected chi connectivity index (χ4v) is 3.14. The molecule has 4 N–H and O–H groups in total. The van der Waals surface area contributed by atoms with E-state index in [0.717, 1.165) is 11.1 Å². The average Bonchev–Trinajstić information content (AvgIpc) is 2.75. The Morgan fingerprint density at radius 1 is 1.08 bits per heavy atom. The smallest absolute Gasteiger partial charge is 0.323 e. The molecule has 2 aromatic carbocycles. The van der Waals surface area contributed by atoms with Crippen LogP contribution in [0.3, 0.4) is 0 Å². The SMILES string of the molecule is CC(C)C(N)C(=O)OC1Cc2ccccc2N(C(N)=O)c2ccccc21. The molecular formula is C20H23N3O3. The van der Waals surface area contributed by atoms with Crippen molar-refractivity contribution in [1.82, 2.24) is 0 Å². The maximum Gasteiger partial charge on any atom is 0.323 e. The second-order valence-corrected chi connectivity index (χ2v) is 6.76. The van der Waals surface area contributed by atoms with Gasteiger partial charge in [-0.2, -0.15) is 0 Å².